The number of alkyl halides is 3. The maximum Gasteiger partial charge on any atom is 0.337 e. The van der Waals surface area contributed by atoms with Gasteiger partial charge in [-0.15, -0.1) is 0 Å². The Morgan fingerprint density at radius 3 is 1.32 bits per heavy atom. The average molecular weight is 585 g/mol. The molecule has 0 aromatic heterocycles. The Morgan fingerprint density at radius 1 is 0.568 bits per heavy atom. The second kappa shape index (κ2) is 13.2. The van der Waals surface area contributed by atoms with Gasteiger partial charge in [0.05, 0.1) is 0 Å². The molecule has 4 rings (SSSR count). The molecule has 4 aromatic rings. The second-order valence-corrected chi connectivity index (χ2v) is 10.8. The van der Waals surface area contributed by atoms with Crippen LogP contribution in [0.15, 0.2) is 121 Å². The Labute approximate surface area is 223 Å². The zero-order valence-corrected chi connectivity index (χ0v) is 21.9. The van der Waals surface area contributed by atoms with E-state index in [9.17, 15) is 26.8 Å². The second-order valence-electron chi connectivity index (χ2n) is 7.87. The minimum Gasteiger partial charge on any atom is -0.293 e. The monoisotopic (exact) mass is 584 g/mol. The van der Waals surface area contributed by atoms with Gasteiger partial charge in [-0.25, -0.2) is 8.42 Å². The van der Waals surface area contributed by atoms with Crippen LogP contribution in [0, 0.1) is 0 Å². The fraction of sp³-hybridized carbons (Fsp3) is 0.103. The molecule has 0 bridgehead atoms. The summed E-state index contributed by atoms with van der Waals surface area (Å²) in [6.07, 6.45) is 0. The van der Waals surface area contributed by atoms with Crippen LogP contribution in [0.2, 0.25) is 0 Å². The third-order valence-corrected chi connectivity index (χ3v) is 7.94. The van der Waals surface area contributed by atoms with Crippen LogP contribution >= 0.6 is 15.9 Å². The molecule has 0 heterocycles. The Balaban J connectivity index is 0.000000213. The molecule has 0 aliphatic carbocycles. The molecule has 0 spiro atoms. The summed E-state index contributed by atoms with van der Waals surface area (Å²) in [4.78, 5) is 24.2. The van der Waals surface area contributed by atoms with Crippen LogP contribution in [0.4, 0.5) is 8.78 Å². The first-order valence-electron chi connectivity index (χ1n) is 11.2. The average Bonchev–Trinajstić information content (AvgIpc) is 2.94. The third-order valence-electron chi connectivity index (χ3n) is 5.36. The van der Waals surface area contributed by atoms with Gasteiger partial charge in [0, 0.05) is 11.1 Å². The quantitative estimate of drug-likeness (QED) is 0.161. The van der Waals surface area contributed by atoms with Crippen molar-refractivity contribution < 1.29 is 26.8 Å². The molecule has 0 radical (unpaired) electrons. The minimum absolute atomic E-state index is 0.0339. The molecule has 0 amide bonds. The standard InChI is InChI=1S/C15H12F2O3S.C14H11BrO/c16-15(17)21(19,20)14(12-9-5-2-6-10-12)13(18)11-7-3-1-4-8-11;15-13(11-7-3-1-4-8-11)14(16)12-9-5-2-6-10-12/h1-10,14-15H;1-10,13H. The van der Waals surface area contributed by atoms with Gasteiger partial charge in [-0.3, -0.25) is 9.59 Å². The van der Waals surface area contributed by atoms with Gasteiger partial charge in [0.1, 0.15) is 4.83 Å². The van der Waals surface area contributed by atoms with E-state index >= 15 is 0 Å². The van der Waals surface area contributed by atoms with Crippen LogP contribution in [0.3, 0.4) is 0 Å². The summed E-state index contributed by atoms with van der Waals surface area (Å²) in [5.74, 6) is -4.38. The van der Waals surface area contributed by atoms with E-state index < -0.39 is 26.6 Å². The van der Waals surface area contributed by atoms with Gasteiger partial charge in [0.2, 0.25) is 9.84 Å². The van der Waals surface area contributed by atoms with Crippen molar-refractivity contribution in [3.05, 3.63) is 144 Å². The van der Waals surface area contributed by atoms with Crippen molar-refractivity contribution in [1.29, 1.82) is 0 Å². The van der Waals surface area contributed by atoms with Crippen LogP contribution in [0.25, 0.3) is 0 Å². The number of hydrogen-bond acceptors (Lipinski definition) is 4. The number of rotatable bonds is 8. The maximum absolute atomic E-state index is 12.9. The lowest BCUT2D eigenvalue weighted by Gasteiger charge is -2.16. The van der Waals surface area contributed by atoms with E-state index in [0.717, 1.165) is 11.1 Å². The molecule has 190 valence electrons. The number of sulfone groups is 1. The van der Waals surface area contributed by atoms with Gasteiger partial charge >= 0.3 is 5.76 Å². The summed E-state index contributed by atoms with van der Waals surface area (Å²) in [6.45, 7) is 0. The molecule has 4 nitrogen and oxygen atoms in total. The smallest absolute Gasteiger partial charge is 0.293 e. The van der Waals surface area contributed by atoms with Crippen molar-refractivity contribution in [3.63, 3.8) is 0 Å². The predicted molar refractivity (Wildman–Crippen MR) is 144 cm³/mol. The van der Waals surface area contributed by atoms with Gasteiger partial charge in [-0.1, -0.05) is 137 Å². The summed E-state index contributed by atoms with van der Waals surface area (Å²) in [5, 5.41) is -1.90. The van der Waals surface area contributed by atoms with Crippen molar-refractivity contribution >= 4 is 37.3 Å². The highest BCUT2D eigenvalue weighted by atomic mass is 79.9. The molecule has 8 heteroatoms. The van der Waals surface area contributed by atoms with Crippen molar-refractivity contribution in [2.45, 2.75) is 15.8 Å². The number of Topliss-reactive ketones (excluding diaryl/α,β-unsaturated/α-hetero) is 2. The van der Waals surface area contributed by atoms with Crippen LogP contribution in [-0.4, -0.2) is 25.7 Å². The molecule has 37 heavy (non-hydrogen) atoms. The van der Waals surface area contributed by atoms with E-state index in [-0.39, 0.29) is 21.7 Å². The van der Waals surface area contributed by atoms with E-state index in [1.54, 1.807) is 24.3 Å². The molecule has 0 N–H and O–H groups in total. The fourth-order valence-corrected chi connectivity index (χ4v) is 5.24. The van der Waals surface area contributed by atoms with Crippen molar-refractivity contribution in [2.24, 2.45) is 0 Å². The first-order valence-corrected chi connectivity index (χ1v) is 13.7. The van der Waals surface area contributed by atoms with Crippen LogP contribution < -0.4 is 0 Å². The summed E-state index contributed by atoms with van der Waals surface area (Å²) in [5.41, 5.74) is 1.83. The number of carbonyl (C=O) groups excluding carboxylic acids is 2. The highest BCUT2D eigenvalue weighted by molar-refractivity contribution is 9.09. The van der Waals surface area contributed by atoms with Gasteiger partial charge in [0.25, 0.3) is 0 Å². The number of halogens is 3. The van der Waals surface area contributed by atoms with E-state index in [4.69, 9.17) is 0 Å². The number of hydrogen-bond donors (Lipinski definition) is 0. The Kier molecular flexibility index (Phi) is 10.00. The fourth-order valence-electron chi connectivity index (χ4n) is 3.50. The molecule has 2 atom stereocenters. The Morgan fingerprint density at radius 2 is 0.919 bits per heavy atom. The molecule has 2 unspecified atom stereocenters. The molecule has 0 fully saturated rings. The molecule has 0 saturated carbocycles. The molecule has 0 aliphatic rings. The maximum atomic E-state index is 12.9. The van der Waals surface area contributed by atoms with Crippen molar-refractivity contribution in [3.8, 4) is 0 Å². The predicted octanol–water partition coefficient (Wildman–Crippen LogP) is 7.25. The Bertz CT molecular complexity index is 1400. The zero-order chi connectivity index (χ0) is 26.8. The first kappa shape index (κ1) is 28.1. The first-order chi connectivity index (χ1) is 17.7. The van der Waals surface area contributed by atoms with Gasteiger partial charge < -0.3 is 0 Å². The molecular weight excluding hydrogens is 562 g/mol. The summed E-state index contributed by atoms with van der Waals surface area (Å²) < 4.78 is 49.5. The third kappa shape index (κ3) is 7.27. The number of ketones is 2. The zero-order valence-electron chi connectivity index (χ0n) is 19.5. The van der Waals surface area contributed by atoms with E-state index in [1.807, 2.05) is 60.7 Å². The van der Waals surface area contributed by atoms with Gasteiger partial charge in [-0.05, 0) is 11.1 Å². The molecular formula is C29H23BrF2O4S. The SMILES string of the molecule is O=C(c1ccccc1)C(Br)c1ccccc1.O=C(c1ccccc1)C(c1ccccc1)S(=O)(=O)C(F)F. The van der Waals surface area contributed by atoms with E-state index in [2.05, 4.69) is 15.9 Å². The summed E-state index contributed by atoms with van der Waals surface area (Å²) in [7, 11) is -4.92. The highest BCUT2D eigenvalue weighted by Crippen LogP contribution is 2.31. The molecule has 0 aliphatic heterocycles. The number of benzene rings is 4. The molecule has 0 saturated heterocycles. The van der Waals surface area contributed by atoms with Crippen LogP contribution in [0.5, 0.6) is 0 Å². The van der Waals surface area contributed by atoms with E-state index in [0.29, 0.717) is 0 Å². The lowest BCUT2D eigenvalue weighted by atomic mass is 10.0. The minimum atomic E-state index is -4.92. The lowest BCUT2D eigenvalue weighted by molar-refractivity contribution is 0.0978. The number of carbonyl (C=O) groups is 2. The van der Waals surface area contributed by atoms with E-state index in [1.165, 1.54) is 36.4 Å². The normalized spacial score (nSPS) is 12.6. The lowest BCUT2D eigenvalue weighted by Crippen LogP contribution is -2.27. The van der Waals surface area contributed by atoms with Crippen LogP contribution in [-0.2, 0) is 9.84 Å². The van der Waals surface area contributed by atoms with Crippen molar-refractivity contribution in [2.75, 3.05) is 0 Å². The highest BCUT2D eigenvalue weighted by Gasteiger charge is 2.40. The van der Waals surface area contributed by atoms with Gasteiger partial charge in [-0.2, -0.15) is 8.78 Å². The molecule has 4 aromatic carbocycles. The summed E-state index contributed by atoms with van der Waals surface area (Å²) >= 11 is 3.44. The van der Waals surface area contributed by atoms with Crippen LogP contribution in [0.1, 0.15) is 41.9 Å². The van der Waals surface area contributed by atoms with Crippen molar-refractivity contribution in [1.82, 2.24) is 0 Å². The largest absolute Gasteiger partial charge is 0.337 e. The van der Waals surface area contributed by atoms with Gasteiger partial charge in [0.15, 0.2) is 16.8 Å². The summed E-state index contributed by atoms with van der Waals surface area (Å²) in [6, 6.07) is 33.9. The Hall–Kier alpha value is -3.49. The topological polar surface area (TPSA) is 68.3 Å².